The molecule has 1 saturated carbocycles. The van der Waals surface area contributed by atoms with Crippen LogP contribution in [0.15, 0.2) is 5.38 Å². The number of hydrogen-bond acceptors (Lipinski definition) is 4. The van der Waals surface area contributed by atoms with Gasteiger partial charge in [0.15, 0.2) is 0 Å². The van der Waals surface area contributed by atoms with Crippen molar-refractivity contribution < 1.29 is 0 Å². The van der Waals surface area contributed by atoms with Gasteiger partial charge in [0.1, 0.15) is 5.01 Å². The maximum Gasteiger partial charge on any atom is 0.107 e. The van der Waals surface area contributed by atoms with Crippen molar-refractivity contribution in [1.29, 1.82) is 0 Å². The fraction of sp³-hybridized carbons (Fsp3) is 0.800. The van der Waals surface area contributed by atoms with Gasteiger partial charge >= 0.3 is 0 Å². The molecule has 1 aromatic rings. The Labute approximate surface area is 125 Å². The van der Waals surface area contributed by atoms with Gasteiger partial charge in [0.2, 0.25) is 0 Å². The molecule has 2 unspecified atom stereocenters. The van der Waals surface area contributed by atoms with Crippen LogP contribution in [0, 0.1) is 0 Å². The number of nitrogens with one attached hydrogen (secondary N) is 1. The van der Waals surface area contributed by atoms with Gasteiger partial charge in [-0.25, -0.2) is 4.98 Å². The average molecular weight is 299 g/mol. The fourth-order valence-electron chi connectivity index (χ4n) is 2.57. The molecule has 0 aromatic carbocycles. The van der Waals surface area contributed by atoms with Gasteiger partial charge in [-0.15, -0.1) is 11.3 Å². The van der Waals surface area contributed by atoms with Crippen LogP contribution in [0.1, 0.15) is 57.2 Å². The summed E-state index contributed by atoms with van der Waals surface area (Å²) in [4.78, 5) is 4.77. The molecule has 0 amide bonds. The van der Waals surface area contributed by atoms with E-state index in [1.165, 1.54) is 36.4 Å². The summed E-state index contributed by atoms with van der Waals surface area (Å²) in [5, 5.41) is 7.96. The predicted octanol–water partition coefficient (Wildman–Crippen LogP) is 4.20. The third-order valence-corrected chi connectivity index (χ3v) is 5.86. The quantitative estimate of drug-likeness (QED) is 0.901. The molecule has 1 aliphatic rings. The van der Waals surface area contributed by atoms with Crippen LogP contribution in [-0.2, 0) is 12.0 Å². The smallest absolute Gasteiger partial charge is 0.107 e. The van der Waals surface area contributed by atoms with Gasteiger partial charge in [-0.05, 0) is 19.1 Å². The first-order valence-electron chi connectivity index (χ1n) is 7.22. The topological polar surface area (TPSA) is 24.9 Å². The van der Waals surface area contributed by atoms with E-state index in [0.717, 1.165) is 11.8 Å². The Bertz CT molecular complexity index is 395. The Balaban J connectivity index is 1.89. The number of thioether (sulfide) groups is 1. The number of rotatable bonds is 4. The fourth-order valence-corrected chi connectivity index (χ4v) is 4.50. The Hall–Kier alpha value is -0.0600. The van der Waals surface area contributed by atoms with E-state index in [2.05, 4.69) is 37.7 Å². The molecule has 0 radical (unpaired) electrons. The minimum atomic E-state index is 0.168. The van der Waals surface area contributed by atoms with E-state index in [0.29, 0.717) is 6.04 Å². The van der Waals surface area contributed by atoms with Gasteiger partial charge in [0.25, 0.3) is 0 Å². The van der Waals surface area contributed by atoms with Crippen LogP contribution in [0.25, 0.3) is 0 Å². The highest BCUT2D eigenvalue weighted by Gasteiger charge is 2.24. The van der Waals surface area contributed by atoms with Gasteiger partial charge in [-0.1, -0.05) is 33.6 Å². The highest BCUT2D eigenvalue weighted by molar-refractivity contribution is 7.99. The lowest BCUT2D eigenvalue weighted by Gasteiger charge is -2.30. The lowest BCUT2D eigenvalue weighted by Crippen LogP contribution is -2.39. The van der Waals surface area contributed by atoms with Crippen LogP contribution >= 0.6 is 23.1 Å². The Morgan fingerprint density at radius 2 is 2.11 bits per heavy atom. The summed E-state index contributed by atoms with van der Waals surface area (Å²) >= 11 is 3.81. The molecule has 0 saturated heterocycles. The normalized spacial score (nSPS) is 24.6. The van der Waals surface area contributed by atoms with Crippen LogP contribution in [0.4, 0.5) is 0 Å². The Morgan fingerprint density at radius 3 is 2.74 bits per heavy atom. The van der Waals surface area contributed by atoms with Crippen molar-refractivity contribution in [3.8, 4) is 0 Å². The third-order valence-electron chi connectivity index (χ3n) is 3.84. The molecule has 2 rings (SSSR count). The predicted molar refractivity (Wildman–Crippen MR) is 87.2 cm³/mol. The van der Waals surface area contributed by atoms with Crippen molar-refractivity contribution in [1.82, 2.24) is 10.3 Å². The van der Waals surface area contributed by atoms with E-state index in [4.69, 9.17) is 4.98 Å². The molecule has 0 aliphatic heterocycles. The number of thiazole rings is 1. The molecule has 1 aromatic heterocycles. The van der Waals surface area contributed by atoms with Crippen molar-refractivity contribution in [3.05, 3.63) is 16.1 Å². The maximum absolute atomic E-state index is 4.77. The molecule has 1 fully saturated rings. The van der Waals surface area contributed by atoms with E-state index in [9.17, 15) is 0 Å². The molecule has 19 heavy (non-hydrogen) atoms. The number of aromatic nitrogens is 1. The molecule has 2 nitrogen and oxygen atoms in total. The molecule has 1 heterocycles. The zero-order valence-electron chi connectivity index (χ0n) is 12.5. The molecule has 0 spiro atoms. The SMILES string of the molecule is CSC1CCCCC1NCc1nc(C(C)(C)C)cs1. The van der Waals surface area contributed by atoms with Gasteiger partial charge in [0, 0.05) is 28.6 Å². The zero-order valence-corrected chi connectivity index (χ0v) is 14.2. The first kappa shape index (κ1) is 15.3. The molecular weight excluding hydrogens is 272 g/mol. The van der Waals surface area contributed by atoms with Crippen molar-refractivity contribution in [2.75, 3.05) is 6.26 Å². The van der Waals surface area contributed by atoms with E-state index in [1.54, 1.807) is 11.3 Å². The summed E-state index contributed by atoms with van der Waals surface area (Å²) < 4.78 is 0. The van der Waals surface area contributed by atoms with E-state index in [1.807, 2.05) is 11.8 Å². The molecule has 2 atom stereocenters. The van der Waals surface area contributed by atoms with Gasteiger partial charge in [0.05, 0.1) is 5.69 Å². The number of hydrogen-bond donors (Lipinski definition) is 1. The highest BCUT2D eigenvalue weighted by atomic mass is 32.2. The second kappa shape index (κ2) is 6.59. The van der Waals surface area contributed by atoms with Gasteiger partial charge < -0.3 is 5.32 Å². The Morgan fingerprint density at radius 1 is 1.37 bits per heavy atom. The second-order valence-electron chi connectivity index (χ2n) is 6.42. The molecule has 1 N–H and O–H groups in total. The first-order valence-corrected chi connectivity index (χ1v) is 9.38. The maximum atomic E-state index is 4.77. The highest BCUT2D eigenvalue weighted by Crippen LogP contribution is 2.28. The molecule has 108 valence electrons. The summed E-state index contributed by atoms with van der Waals surface area (Å²) in [6.45, 7) is 7.61. The molecule has 1 aliphatic carbocycles. The monoisotopic (exact) mass is 298 g/mol. The minimum Gasteiger partial charge on any atom is -0.307 e. The van der Waals surface area contributed by atoms with E-state index >= 15 is 0 Å². The largest absolute Gasteiger partial charge is 0.307 e. The van der Waals surface area contributed by atoms with Crippen LogP contribution in [0.2, 0.25) is 0 Å². The average Bonchev–Trinajstić information content (AvgIpc) is 2.85. The minimum absolute atomic E-state index is 0.168. The van der Waals surface area contributed by atoms with Crippen LogP contribution in [0.5, 0.6) is 0 Å². The summed E-state index contributed by atoms with van der Waals surface area (Å²) in [5.41, 5.74) is 1.39. The summed E-state index contributed by atoms with van der Waals surface area (Å²) in [7, 11) is 0. The van der Waals surface area contributed by atoms with Gasteiger partial charge in [-0.3, -0.25) is 0 Å². The standard InChI is InChI=1S/C15H26N2S2/c1-15(2,3)13-10-19-14(17-13)9-16-11-7-5-6-8-12(11)18-4/h10-12,16H,5-9H2,1-4H3. The zero-order chi connectivity index (χ0) is 13.9. The van der Waals surface area contributed by atoms with Crippen molar-refractivity contribution in [2.24, 2.45) is 0 Å². The number of nitrogens with zero attached hydrogens (tertiary/aromatic N) is 1. The van der Waals surface area contributed by atoms with Crippen molar-refractivity contribution >= 4 is 23.1 Å². The first-order chi connectivity index (χ1) is 9.00. The van der Waals surface area contributed by atoms with Crippen LogP contribution in [0.3, 0.4) is 0 Å². The summed E-state index contributed by atoms with van der Waals surface area (Å²) in [6.07, 6.45) is 7.70. The third kappa shape index (κ3) is 4.20. The lowest BCUT2D eigenvalue weighted by molar-refractivity contribution is 0.382. The molecule has 0 bridgehead atoms. The molecule has 4 heteroatoms. The molecular formula is C15H26N2S2. The van der Waals surface area contributed by atoms with E-state index < -0.39 is 0 Å². The Kier molecular flexibility index (Phi) is 5.32. The van der Waals surface area contributed by atoms with Crippen LogP contribution in [-0.4, -0.2) is 22.5 Å². The summed E-state index contributed by atoms with van der Waals surface area (Å²) in [5.74, 6) is 0. The van der Waals surface area contributed by atoms with Gasteiger partial charge in [-0.2, -0.15) is 11.8 Å². The van der Waals surface area contributed by atoms with Crippen molar-refractivity contribution in [2.45, 2.75) is 69.7 Å². The lowest BCUT2D eigenvalue weighted by atomic mass is 9.93. The van der Waals surface area contributed by atoms with Crippen LogP contribution < -0.4 is 5.32 Å². The summed E-state index contributed by atoms with van der Waals surface area (Å²) in [6, 6.07) is 0.672. The van der Waals surface area contributed by atoms with Crippen molar-refractivity contribution in [3.63, 3.8) is 0 Å². The second-order valence-corrected chi connectivity index (χ2v) is 8.44. The van der Waals surface area contributed by atoms with E-state index in [-0.39, 0.29) is 5.41 Å².